The first-order chi connectivity index (χ1) is 12.6. The minimum atomic E-state index is -0.348. The van der Waals surface area contributed by atoms with Crippen LogP contribution in [0.1, 0.15) is 46.6 Å². The number of rotatable bonds is 4. The van der Waals surface area contributed by atoms with E-state index in [-0.39, 0.29) is 36.0 Å². The maximum atomic E-state index is 12.7. The first-order valence-electron chi connectivity index (χ1n) is 9.57. The number of likely N-dealkylation sites (tertiary alicyclic amines) is 1. The number of nitrogens with zero attached hydrogens (tertiary/aromatic N) is 1. The number of carbonyl (C=O) groups is 2. The molecule has 0 aromatic heterocycles. The minimum absolute atomic E-state index is 0.0917. The van der Waals surface area contributed by atoms with Gasteiger partial charge in [-0.1, -0.05) is 12.1 Å². The normalized spacial score (nSPS) is 23.5. The molecule has 2 aliphatic heterocycles. The van der Waals surface area contributed by atoms with Crippen LogP contribution in [0.15, 0.2) is 24.3 Å². The molecular formula is C20H29BN2O4. The van der Waals surface area contributed by atoms with Crippen LogP contribution >= 0.6 is 0 Å². The number of hydrogen-bond donors (Lipinski definition) is 1. The van der Waals surface area contributed by atoms with E-state index in [9.17, 15) is 9.59 Å². The van der Waals surface area contributed by atoms with Gasteiger partial charge in [0.1, 0.15) is 0 Å². The third-order valence-corrected chi connectivity index (χ3v) is 5.84. The van der Waals surface area contributed by atoms with E-state index in [1.54, 1.807) is 0 Å². The van der Waals surface area contributed by atoms with Gasteiger partial charge in [0, 0.05) is 31.5 Å². The average molecular weight is 372 g/mol. The summed E-state index contributed by atoms with van der Waals surface area (Å²) >= 11 is 0. The van der Waals surface area contributed by atoms with Gasteiger partial charge in [-0.25, -0.2) is 0 Å². The van der Waals surface area contributed by atoms with Gasteiger partial charge in [-0.15, -0.1) is 0 Å². The average Bonchev–Trinajstić information content (AvgIpc) is 3.10. The molecule has 27 heavy (non-hydrogen) atoms. The van der Waals surface area contributed by atoms with Crippen molar-refractivity contribution in [3.63, 3.8) is 0 Å². The Labute approximate surface area is 161 Å². The van der Waals surface area contributed by atoms with Crippen LogP contribution in [-0.2, 0) is 25.3 Å². The first kappa shape index (κ1) is 19.9. The lowest BCUT2D eigenvalue weighted by Gasteiger charge is -2.32. The van der Waals surface area contributed by atoms with Gasteiger partial charge in [0.2, 0.25) is 11.8 Å². The van der Waals surface area contributed by atoms with Gasteiger partial charge in [-0.2, -0.15) is 0 Å². The van der Waals surface area contributed by atoms with Gasteiger partial charge >= 0.3 is 7.12 Å². The molecule has 0 saturated carbocycles. The van der Waals surface area contributed by atoms with Crippen LogP contribution in [0.3, 0.4) is 0 Å². The van der Waals surface area contributed by atoms with Crippen LogP contribution in [0.5, 0.6) is 0 Å². The zero-order valence-electron chi connectivity index (χ0n) is 16.9. The van der Waals surface area contributed by atoms with Gasteiger partial charge in [-0.05, 0) is 51.8 Å². The summed E-state index contributed by atoms with van der Waals surface area (Å²) < 4.78 is 12.3. The highest BCUT2D eigenvalue weighted by Crippen LogP contribution is 2.42. The number of hydrogen-bond acceptors (Lipinski definition) is 4. The Morgan fingerprint density at radius 2 is 1.89 bits per heavy atom. The first-order valence-corrected chi connectivity index (χ1v) is 9.57. The Morgan fingerprint density at radius 1 is 1.22 bits per heavy atom. The monoisotopic (exact) mass is 372 g/mol. The second-order valence-electron chi connectivity index (χ2n) is 8.57. The SMILES string of the molecule is CC(=O)Nc1cccc(CC(=O)N2CCC(B3OC(C)(C)C(C)(C)O3)C2)c1. The Kier molecular flexibility index (Phi) is 5.37. The molecule has 3 rings (SSSR count). The van der Waals surface area contributed by atoms with Crippen molar-refractivity contribution < 1.29 is 18.9 Å². The van der Waals surface area contributed by atoms with E-state index in [4.69, 9.17) is 9.31 Å². The van der Waals surface area contributed by atoms with E-state index < -0.39 is 0 Å². The Morgan fingerprint density at radius 3 is 2.52 bits per heavy atom. The highest BCUT2D eigenvalue weighted by molar-refractivity contribution is 6.47. The number of benzene rings is 1. The molecule has 1 aromatic rings. The third-order valence-electron chi connectivity index (χ3n) is 5.84. The Bertz CT molecular complexity index is 718. The van der Waals surface area contributed by atoms with E-state index in [0.717, 1.165) is 18.5 Å². The van der Waals surface area contributed by atoms with Gasteiger partial charge in [0.05, 0.1) is 17.6 Å². The molecule has 2 saturated heterocycles. The lowest BCUT2D eigenvalue weighted by molar-refractivity contribution is -0.129. The molecule has 1 N–H and O–H groups in total. The summed E-state index contributed by atoms with van der Waals surface area (Å²) in [6.45, 7) is 11.0. The van der Waals surface area contributed by atoms with E-state index in [0.29, 0.717) is 18.7 Å². The summed E-state index contributed by atoms with van der Waals surface area (Å²) in [6, 6.07) is 7.43. The molecule has 6 nitrogen and oxygen atoms in total. The molecule has 1 atom stereocenters. The zero-order chi connectivity index (χ0) is 19.8. The lowest BCUT2D eigenvalue weighted by atomic mass is 9.71. The van der Waals surface area contributed by atoms with Crippen molar-refractivity contribution in [2.75, 3.05) is 18.4 Å². The molecule has 7 heteroatoms. The van der Waals surface area contributed by atoms with Gasteiger partial charge in [0.25, 0.3) is 0 Å². The van der Waals surface area contributed by atoms with E-state index in [1.807, 2.05) is 56.9 Å². The fourth-order valence-corrected chi connectivity index (χ4v) is 3.57. The van der Waals surface area contributed by atoms with Crippen molar-refractivity contribution in [3.8, 4) is 0 Å². The maximum absolute atomic E-state index is 12.7. The topological polar surface area (TPSA) is 67.9 Å². The minimum Gasteiger partial charge on any atom is -0.403 e. The van der Waals surface area contributed by atoms with E-state index >= 15 is 0 Å². The maximum Gasteiger partial charge on any atom is 0.463 e. The molecule has 146 valence electrons. The zero-order valence-corrected chi connectivity index (χ0v) is 16.9. The smallest absolute Gasteiger partial charge is 0.403 e. The van der Waals surface area contributed by atoms with Crippen LogP contribution < -0.4 is 5.32 Å². The number of carbonyl (C=O) groups excluding carboxylic acids is 2. The van der Waals surface area contributed by atoms with E-state index in [2.05, 4.69) is 5.32 Å². The van der Waals surface area contributed by atoms with Crippen LogP contribution in [0.4, 0.5) is 5.69 Å². The van der Waals surface area contributed by atoms with Crippen LogP contribution in [0.25, 0.3) is 0 Å². The van der Waals surface area contributed by atoms with Crippen LogP contribution in [0, 0.1) is 0 Å². The summed E-state index contributed by atoms with van der Waals surface area (Å²) in [6.07, 6.45) is 1.21. The number of amides is 2. The molecule has 2 fully saturated rings. The molecule has 0 bridgehead atoms. The second kappa shape index (κ2) is 7.28. The third kappa shape index (κ3) is 4.35. The van der Waals surface area contributed by atoms with Gasteiger partial charge in [-0.3, -0.25) is 9.59 Å². The molecule has 0 radical (unpaired) electrons. The molecule has 2 heterocycles. The molecule has 1 aromatic carbocycles. The quantitative estimate of drug-likeness (QED) is 0.826. The number of anilines is 1. The summed E-state index contributed by atoms with van der Waals surface area (Å²) in [7, 11) is -0.268. The molecule has 2 aliphatic rings. The number of nitrogens with one attached hydrogen (secondary N) is 1. The molecule has 1 unspecified atom stereocenters. The Hall–Kier alpha value is -1.86. The second-order valence-corrected chi connectivity index (χ2v) is 8.57. The summed E-state index contributed by atoms with van der Waals surface area (Å²) in [5, 5.41) is 2.75. The van der Waals surface area contributed by atoms with E-state index in [1.165, 1.54) is 6.92 Å². The lowest BCUT2D eigenvalue weighted by Crippen LogP contribution is -2.41. The van der Waals surface area contributed by atoms with Crippen molar-refractivity contribution >= 4 is 24.6 Å². The predicted octanol–water partition coefficient (Wildman–Crippen LogP) is 2.88. The molecule has 2 amide bonds. The molecule has 0 spiro atoms. The summed E-state index contributed by atoms with van der Waals surface area (Å²) in [5.74, 6) is 0.165. The van der Waals surface area contributed by atoms with Crippen molar-refractivity contribution in [1.29, 1.82) is 0 Å². The standard InChI is InChI=1S/C20H29BN2O4/c1-14(24)22-17-8-6-7-15(11-17)12-18(25)23-10-9-16(13-23)21-26-19(2,3)20(4,5)27-21/h6-8,11,16H,9-10,12-13H2,1-5H3,(H,22,24). The van der Waals surface area contributed by atoms with Gasteiger partial charge in [0.15, 0.2) is 0 Å². The van der Waals surface area contributed by atoms with Crippen molar-refractivity contribution in [2.45, 2.75) is 64.5 Å². The van der Waals surface area contributed by atoms with Gasteiger partial charge < -0.3 is 19.5 Å². The fourth-order valence-electron chi connectivity index (χ4n) is 3.57. The highest BCUT2D eigenvalue weighted by Gasteiger charge is 2.54. The predicted molar refractivity (Wildman–Crippen MR) is 105 cm³/mol. The van der Waals surface area contributed by atoms with Crippen molar-refractivity contribution in [1.82, 2.24) is 4.90 Å². The highest BCUT2D eigenvalue weighted by atomic mass is 16.7. The fraction of sp³-hybridized carbons (Fsp3) is 0.600. The summed E-state index contributed by atoms with van der Waals surface area (Å²) in [5.41, 5.74) is 0.910. The van der Waals surface area contributed by atoms with Crippen molar-refractivity contribution in [2.24, 2.45) is 0 Å². The Balaban J connectivity index is 1.58. The molecule has 0 aliphatic carbocycles. The van der Waals surface area contributed by atoms with Crippen LogP contribution in [0.2, 0.25) is 5.82 Å². The van der Waals surface area contributed by atoms with Crippen LogP contribution in [-0.4, -0.2) is 48.1 Å². The molecular weight excluding hydrogens is 343 g/mol. The summed E-state index contributed by atoms with van der Waals surface area (Å²) in [4.78, 5) is 25.8. The van der Waals surface area contributed by atoms with Crippen molar-refractivity contribution in [3.05, 3.63) is 29.8 Å². The largest absolute Gasteiger partial charge is 0.463 e.